The van der Waals surface area contributed by atoms with Crippen molar-refractivity contribution in [2.45, 2.75) is 32.0 Å². The number of halogens is 4. The zero-order valence-electron chi connectivity index (χ0n) is 9.74. The van der Waals surface area contributed by atoms with Gasteiger partial charge in [-0.2, -0.15) is 13.2 Å². The van der Waals surface area contributed by atoms with Crippen molar-refractivity contribution in [1.82, 2.24) is 5.32 Å². The minimum absolute atomic E-state index is 0.179. The Morgan fingerprint density at radius 1 is 1.29 bits per heavy atom. The summed E-state index contributed by atoms with van der Waals surface area (Å²) < 4.78 is 50.6. The minimum atomic E-state index is -4.65. The predicted molar refractivity (Wildman–Crippen MR) is 58.1 cm³/mol. The van der Waals surface area contributed by atoms with Gasteiger partial charge in [-0.3, -0.25) is 0 Å². The van der Waals surface area contributed by atoms with Crippen molar-refractivity contribution in [3.05, 3.63) is 35.1 Å². The fourth-order valence-corrected chi connectivity index (χ4v) is 1.74. The average molecular weight is 249 g/mol. The van der Waals surface area contributed by atoms with E-state index in [0.717, 1.165) is 18.6 Å². The summed E-state index contributed by atoms with van der Waals surface area (Å²) in [6, 6.07) is 2.97. The molecule has 0 aliphatic heterocycles. The number of rotatable bonds is 4. The number of alkyl halides is 3. The molecule has 1 N–H and O–H groups in total. The summed E-state index contributed by atoms with van der Waals surface area (Å²) in [6.07, 6.45) is -3.10. The zero-order chi connectivity index (χ0) is 13.1. The van der Waals surface area contributed by atoms with Gasteiger partial charge in [-0.05, 0) is 31.2 Å². The lowest BCUT2D eigenvalue weighted by Gasteiger charge is -2.17. The van der Waals surface area contributed by atoms with Gasteiger partial charge in [0.15, 0.2) is 0 Å². The van der Waals surface area contributed by atoms with Crippen LogP contribution in [0.1, 0.15) is 36.9 Å². The van der Waals surface area contributed by atoms with Crippen molar-refractivity contribution >= 4 is 0 Å². The second-order valence-electron chi connectivity index (χ2n) is 3.87. The van der Waals surface area contributed by atoms with Crippen molar-refractivity contribution in [3.63, 3.8) is 0 Å². The molecule has 0 bridgehead atoms. The first-order valence-corrected chi connectivity index (χ1v) is 5.44. The number of hydrogen-bond acceptors (Lipinski definition) is 1. The summed E-state index contributed by atoms with van der Waals surface area (Å²) in [5.41, 5.74) is -0.741. The average Bonchev–Trinajstić information content (AvgIpc) is 2.25. The van der Waals surface area contributed by atoms with Crippen LogP contribution in [-0.2, 0) is 6.18 Å². The molecular weight excluding hydrogens is 234 g/mol. The van der Waals surface area contributed by atoms with Gasteiger partial charge in [0, 0.05) is 6.04 Å². The molecule has 1 aromatic rings. The Hall–Kier alpha value is -1.10. The third-order valence-electron chi connectivity index (χ3n) is 2.62. The minimum Gasteiger partial charge on any atom is -0.313 e. The molecule has 1 aromatic carbocycles. The second-order valence-corrected chi connectivity index (χ2v) is 3.87. The Kier molecular flexibility index (Phi) is 4.51. The van der Waals surface area contributed by atoms with Crippen LogP contribution in [-0.4, -0.2) is 7.05 Å². The largest absolute Gasteiger partial charge is 0.419 e. The Morgan fingerprint density at radius 3 is 2.41 bits per heavy atom. The molecule has 1 rings (SSSR count). The molecule has 0 aliphatic rings. The molecule has 96 valence electrons. The molecule has 0 heterocycles. The highest BCUT2D eigenvalue weighted by Gasteiger charge is 2.34. The molecule has 0 amide bonds. The van der Waals surface area contributed by atoms with Crippen LogP contribution < -0.4 is 5.32 Å². The molecule has 0 aliphatic carbocycles. The van der Waals surface area contributed by atoms with Gasteiger partial charge >= 0.3 is 6.18 Å². The first kappa shape index (κ1) is 14.0. The Bertz CT molecular complexity index is 373. The summed E-state index contributed by atoms with van der Waals surface area (Å²) >= 11 is 0. The van der Waals surface area contributed by atoms with E-state index < -0.39 is 17.6 Å². The monoisotopic (exact) mass is 249 g/mol. The Morgan fingerprint density at radius 2 is 1.94 bits per heavy atom. The predicted octanol–water partition coefficient (Wildman–Crippen LogP) is 3.91. The van der Waals surface area contributed by atoms with Gasteiger partial charge in [-0.25, -0.2) is 4.39 Å². The molecule has 1 nitrogen and oxygen atoms in total. The molecule has 0 aromatic heterocycles. The van der Waals surface area contributed by atoms with E-state index in [1.54, 1.807) is 7.05 Å². The molecule has 0 radical (unpaired) electrons. The quantitative estimate of drug-likeness (QED) is 0.798. The summed E-state index contributed by atoms with van der Waals surface area (Å²) in [7, 11) is 1.68. The first-order valence-electron chi connectivity index (χ1n) is 5.44. The van der Waals surface area contributed by atoms with Crippen LogP contribution in [0.3, 0.4) is 0 Å². The van der Waals surface area contributed by atoms with Gasteiger partial charge in [0.25, 0.3) is 0 Å². The Balaban J connectivity index is 3.11. The molecule has 0 saturated carbocycles. The van der Waals surface area contributed by atoms with Crippen LogP contribution in [0.4, 0.5) is 17.6 Å². The maximum absolute atomic E-state index is 13.1. The van der Waals surface area contributed by atoms with E-state index in [9.17, 15) is 17.6 Å². The SMILES string of the molecule is CCCC(NC)c1ccc(F)c(C(F)(F)F)c1. The molecule has 17 heavy (non-hydrogen) atoms. The summed E-state index contributed by atoms with van der Waals surface area (Å²) in [4.78, 5) is 0. The highest BCUT2D eigenvalue weighted by Crippen LogP contribution is 2.33. The van der Waals surface area contributed by atoms with Gasteiger partial charge in [-0.1, -0.05) is 19.4 Å². The van der Waals surface area contributed by atoms with E-state index in [1.807, 2.05) is 6.92 Å². The van der Waals surface area contributed by atoms with Gasteiger partial charge in [-0.15, -0.1) is 0 Å². The molecule has 5 heteroatoms. The van der Waals surface area contributed by atoms with Crippen LogP contribution in [0.5, 0.6) is 0 Å². The topological polar surface area (TPSA) is 12.0 Å². The number of hydrogen-bond donors (Lipinski definition) is 1. The van der Waals surface area contributed by atoms with E-state index in [-0.39, 0.29) is 6.04 Å². The standard InChI is InChI=1S/C12H15F4N/c1-3-4-11(17-2)8-5-6-10(13)9(7-8)12(14,15)16/h5-7,11,17H,3-4H2,1-2H3. The lowest BCUT2D eigenvalue weighted by Crippen LogP contribution is -2.17. The highest BCUT2D eigenvalue weighted by atomic mass is 19.4. The second kappa shape index (κ2) is 5.49. The van der Waals surface area contributed by atoms with Crippen LogP contribution >= 0.6 is 0 Å². The van der Waals surface area contributed by atoms with Crippen molar-refractivity contribution < 1.29 is 17.6 Å². The van der Waals surface area contributed by atoms with Crippen molar-refractivity contribution in [3.8, 4) is 0 Å². The molecule has 1 atom stereocenters. The van der Waals surface area contributed by atoms with Crippen molar-refractivity contribution in [1.29, 1.82) is 0 Å². The molecule has 1 unspecified atom stereocenters. The maximum atomic E-state index is 13.1. The maximum Gasteiger partial charge on any atom is 0.419 e. The van der Waals surface area contributed by atoms with E-state index in [1.165, 1.54) is 6.07 Å². The van der Waals surface area contributed by atoms with Crippen LogP contribution in [0, 0.1) is 5.82 Å². The fraction of sp³-hybridized carbons (Fsp3) is 0.500. The fourth-order valence-electron chi connectivity index (χ4n) is 1.74. The van der Waals surface area contributed by atoms with Crippen molar-refractivity contribution in [2.24, 2.45) is 0 Å². The summed E-state index contributed by atoms with van der Waals surface area (Å²) in [6.45, 7) is 1.94. The third kappa shape index (κ3) is 3.43. The number of nitrogens with one attached hydrogen (secondary N) is 1. The lowest BCUT2D eigenvalue weighted by molar-refractivity contribution is -0.140. The van der Waals surface area contributed by atoms with Crippen molar-refractivity contribution in [2.75, 3.05) is 7.05 Å². The number of benzene rings is 1. The molecule has 0 fully saturated rings. The first-order chi connectivity index (χ1) is 7.90. The summed E-state index contributed by atoms with van der Waals surface area (Å²) in [5, 5.41) is 2.93. The highest BCUT2D eigenvalue weighted by molar-refractivity contribution is 5.29. The summed E-state index contributed by atoms with van der Waals surface area (Å²) in [5.74, 6) is -1.23. The molecule has 0 spiro atoms. The third-order valence-corrected chi connectivity index (χ3v) is 2.62. The van der Waals surface area contributed by atoms with Gasteiger partial charge < -0.3 is 5.32 Å². The van der Waals surface area contributed by atoms with Crippen LogP contribution in [0.15, 0.2) is 18.2 Å². The van der Waals surface area contributed by atoms with E-state index in [2.05, 4.69) is 5.32 Å². The smallest absolute Gasteiger partial charge is 0.313 e. The van der Waals surface area contributed by atoms with E-state index in [0.29, 0.717) is 12.0 Å². The Labute approximate surface area is 97.8 Å². The van der Waals surface area contributed by atoms with Crippen LogP contribution in [0.2, 0.25) is 0 Å². The van der Waals surface area contributed by atoms with Crippen LogP contribution in [0.25, 0.3) is 0 Å². The molecular formula is C12H15F4N. The van der Waals surface area contributed by atoms with Gasteiger partial charge in [0.05, 0.1) is 5.56 Å². The van der Waals surface area contributed by atoms with E-state index in [4.69, 9.17) is 0 Å². The van der Waals surface area contributed by atoms with Gasteiger partial charge in [0.2, 0.25) is 0 Å². The van der Waals surface area contributed by atoms with Gasteiger partial charge in [0.1, 0.15) is 5.82 Å². The normalized spacial score (nSPS) is 13.8. The zero-order valence-corrected chi connectivity index (χ0v) is 9.74. The van der Waals surface area contributed by atoms with E-state index >= 15 is 0 Å². The molecule has 0 saturated heterocycles. The lowest BCUT2D eigenvalue weighted by atomic mass is 10.00.